The average molecular weight is 299 g/mol. The monoisotopic (exact) mass is 298 g/mol. The molecule has 0 radical (unpaired) electrons. The van der Waals surface area contributed by atoms with E-state index in [4.69, 9.17) is 4.42 Å². The molecule has 17 heavy (non-hydrogen) atoms. The Labute approximate surface area is 111 Å². The lowest BCUT2D eigenvalue weighted by Crippen LogP contribution is -2.49. The van der Waals surface area contributed by atoms with Gasteiger partial charge in [-0.25, -0.2) is 4.98 Å². The second-order valence-corrected chi connectivity index (χ2v) is 5.93. The highest BCUT2D eigenvalue weighted by Gasteiger charge is 2.37. The molecule has 3 rings (SSSR count). The molecule has 0 aromatic carbocycles. The minimum Gasteiger partial charge on any atom is -0.436 e. The number of fused-ring (bicyclic) bond motifs is 2. The van der Waals surface area contributed by atoms with Crippen LogP contribution >= 0.6 is 15.9 Å². The number of aromatic nitrogens is 1. The topological polar surface area (TPSA) is 29.3 Å². The first kappa shape index (κ1) is 11.7. The van der Waals surface area contributed by atoms with Crippen molar-refractivity contribution in [3.8, 4) is 0 Å². The summed E-state index contributed by atoms with van der Waals surface area (Å²) in [4.78, 5) is 7.76. The number of nitrogens with zero attached hydrogens (tertiary/aromatic N) is 2. The van der Waals surface area contributed by atoms with Crippen molar-refractivity contribution in [2.24, 2.45) is 5.92 Å². The van der Waals surface area contributed by atoms with E-state index in [-0.39, 0.29) is 0 Å². The highest BCUT2D eigenvalue weighted by atomic mass is 79.9. The van der Waals surface area contributed by atoms with Crippen LogP contribution in [0.25, 0.3) is 0 Å². The van der Waals surface area contributed by atoms with Gasteiger partial charge >= 0.3 is 0 Å². The summed E-state index contributed by atoms with van der Waals surface area (Å²) in [7, 11) is 0. The van der Waals surface area contributed by atoms with Crippen LogP contribution in [0.15, 0.2) is 9.22 Å². The fourth-order valence-corrected chi connectivity index (χ4v) is 3.83. The Bertz CT molecular complexity index is 402. The molecule has 1 aromatic heterocycles. The minimum atomic E-state index is 0.656. The predicted molar refractivity (Wildman–Crippen MR) is 70.0 cm³/mol. The van der Waals surface area contributed by atoms with Crippen LogP contribution < -0.4 is 0 Å². The molecule has 0 amide bonds. The van der Waals surface area contributed by atoms with E-state index in [1.165, 1.54) is 38.0 Å². The van der Waals surface area contributed by atoms with Crippen LogP contribution in [0.3, 0.4) is 0 Å². The lowest BCUT2D eigenvalue weighted by molar-refractivity contribution is 0.0797. The molecule has 0 spiro atoms. The molecule has 0 saturated carbocycles. The van der Waals surface area contributed by atoms with Crippen molar-refractivity contribution in [3.63, 3.8) is 0 Å². The van der Waals surface area contributed by atoms with Gasteiger partial charge in [-0.2, -0.15) is 0 Å². The number of piperidine rings is 1. The van der Waals surface area contributed by atoms with Crippen LogP contribution in [0.4, 0.5) is 0 Å². The van der Waals surface area contributed by atoms with Crippen LogP contribution in [0.1, 0.15) is 37.6 Å². The molecule has 2 heterocycles. The second-order valence-electron chi connectivity index (χ2n) is 5.25. The quantitative estimate of drug-likeness (QED) is 0.840. The third-order valence-corrected chi connectivity index (χ3v) is 4.49. The summed E-state index contributed by atoms with van der Waals surface area (Å²) in [5, 5.41) is 0. The van der Waals surface area contributed by atoms with E-state index in [0.29, 0.717) is 10.8 Å². The van der Waals surface area contributed by atoms with Crippen molar-refractivity contribution >= 4 is 15.9 Å². The van der Waals surface area contributed by atoms with Gasteiger partial charge in [0, 0.05) is 28.4 Å². The van der Waals surface area contributed by atoms with Crippen LogP contribution in [0.5, 0.6) is 0 Å². The van der Waals surface area contributed by atoms with E-state index >= 15 is 0 Å². The average Bonchev–Trinajstić information content (AvgIpc) is 2.66. The molecule has 1 fully saturated rings. The zero-order valence-corrected chi connectivity index (χ0v) is 11.9. The van der Waals surface area contributed by atoms with Gasteiger partial charge in [0.15, 0.2) is 0 Å². The summed E-state index contributed by atoms with van der Waals surface area (Å²) in [6, 6.07) is 0.691. The molecule has 94 valence electrons. The van der Waals surface area contributed by atoms with Crippen molar-refractivity contribution in [2.45, 2.75) is 45.1 Å². The summed E-state index contributed by atoms with van der Waals surface area (Å²) in [6.45, 7) is 4.76. The standard InChI is InChI=1S/C13H19BrN2O/c1-2-5-16-6-3-4-9-7-10-12(8-11(9)16)17-13(14)15-10/h9,11H,2-8H2,1H3/t9-,11-/m0/s1. The summed E-state index contributed by atoms with van der Waals surface area (Å²) < 4.78 is 5.66. The number of hydrogen-bond donors (Lipinski definition) is 0. The van der Waals surface area contributed by atoms with Crippen LogP contribution in [0.2, 0.25) is 0 Å². The smallest absolute Gasteiger partial charge is 0.264 e. The van der Waals surface area contributed by atoms with Gasteiger partial charge in [0.2, 0.25) is 0 Å². The van der Waals surface area contributed by atoms with Crippen molar-refractivity contribution in [3.05, 3.63) is 16.3 Å². The number of oxazole rings is 1. The fourth-order valence-electron chi connectivity index (χ4n) is 3.42. The van der Waals surface area contributed by atoms with Crippen LogP contribution in [0, 0.1) is 5.92 Å². The third-order valence-electron chi connectivity index (χ3n) is 4.15. The van der Waals surface area contributed by atoms with Gasteiger partial charge in [-0.05, 0) is 44.7 Å². The predicted octanol–water partition coefficient (Wildman–Crippen LogP) is 3.03. The lowest BCUT2D eigenvalue weighted by Gasteiger charge is -2.43. The molecule has 1 aromatic rings. The minimum absolute atomic E-state index is 0.656. The Balaban J connectivity index is 1.83. The Morgan fingerprint density at radius 1 is 1.47 bits per heavy atom. The zero-order valence-electron chi connectivity index (χ0n) is 10.3. The molecular weight excluding hydrogens is 280 g/mol. The van der Waals surface area contributed by atoms with E-state index in [2.05, 4.69) is 32.7 Å². The Morgan fingerprint density at radius 2 is 2.35 bits per heavy atom. The maximum absolute atomic E-state index is 5.66. The van der Waals surface area contributed by atoms with Crippen molar-refractivity contribution in [2.75, 3.05) is 13.1 Å². The van der Waals surface area contributed by atoms with Gasteiger partial charge in [0.1, 0.15) is 5.76 Å². The van der Waals surface area contributed by atoms with E-state index in [1.807, 2.05) is 0 Å². The van der Waals surface area contributed by atoms with Gasteiger partial charge in [-0.3, -0.25) is 4.90 Å². The number of halogens is 1. The SMILES string of the molecule is CCCN1CCC[C@H]2Cc3nc(Br)oc3C[C@@H]21. The number of hydrogen-bond acceptors (Lipinski definition) is 3. The van der Waals surface area contributed by atoms with Crippen LogP contribution in [-0.4, -0.2) is 29.0 Å². The number of rotatable bonds is 2. The molecule has 1 aliphatic heterocycles. The largest absolute Gasteiger partial charge is 0.436 e. The fraction of sp³-hybridized carbons (Fsp3) is 0.769. The lowest BCUT2D eigenvalue weighted by atomic mass is 9.79. The third kappa shape index (κ3) is 2.17. The molecule has 2 aliphatic rings. The van der Waals surface area contributed by atoms with Gasteiger partial charge in [-0.1, -0.05) is 6.92 Å². The van der Waals surface area contributed by atoms with E-state index < -0.39 is 0 Å². The Morgan fingerprint density at radius 3 is 3.18 bits per heavy atom. The Hall–Kier alpha value is -0.350. The molecular formula is C13H19BrN2O. The summed E-state index contributed by atoms with van der Waals surface area (Å²) in [5.41, 5.74) is 1.19. The first-order chi connectivity index (χ1) is 8.28. The maximum Gasteiger partial charge on any atom is 0.264 e. The first-order valence-electron chi connectivity index (χ1n) is 6.66. The summed E-state index contributed by atoms with van der Waals surface area (Å²) in [6.07, 6.45) is 6.11. The van der Waals surface area contributed by atoms with Gasteiger partial charge in [-0.15, -0.1) is 0 Å². The van der Waals surface area contributed by atoms with E-state index in [0.717, 1.165) is 24.5 Å². The Kier molecular flexibility index (Phi) is 3.26. The van der Waals surface area contributed by atoms with Crippen molar-refractivity contribution in [1.82, 2.24) is 9.88 Å². The normalized spacial score (nSPS) is 28.8. The molecule has 1 saturated heterocycles. The maximum atomic E-state index is 5.66. The van der Waals surface area contributed by atoms with Gasteiger partial charge in [0.05, 0.1) is 5.69 Å². The second kappa shape index (κ2) is 4.73. The van der Waals surface area contributed by atoms with Gasteiger partial charge in [0.25, 0.3) is 4.80 Å². The molecule has 0 bridgehead atoms. The first-order valence-corrected chi connectivity index (χ1v) is 7.45. The molecule has 3 nitrogen and oxygen atoms in total. The molecule has 2 atom stereocenters. The highest BCUT2D eigenvalue weighted by molar-refractivity contribution is 9.10. The molecule has 4 heteroatoms. The highest BCUT2D eigenvalue weighted by Crippen LogP contribution is 2.35. The van der Waals surface area contributed by atoms with E-state index in [9.17, 15) is 0 Å². The van der Waals surface area contributed by atoms with Crippen molar-refractivity contribution < 1.29 is 4.42 Å². The van der Waals surface area contributed by atoms with E-state index in [1.54, 1.807) is 0 Å². The van der Waals surface area contributed by atoms with Gasteiger partial charge < -0.3 is 4.42 Å². The summed E-state index contributed by atoms with van der Waals surface area (Å²) >= 11 is 3.35. The number of likely N-dealkylation sites (tertiary alicyclic amines) is 1. The molecule has 0 unspecified atom stereocenters. The van der Waals surface area contributed by atoms with Crippen molar-refractivity contribution in [1.29, 1.82) is 0 Å². The zero-order chi connectivity index (χ0) is 11.8. The summed E-state index contributed by atoms with van der Waals surface area (Å²) in [5.74, 6) is 1.90. The van der Waals surface area contributed by atoms with Crippen LogP contribution in [-0.2, 0) is 12.8 Å². The molecule has 1 aliphatic carbocycles. The molecule has 0 N–H and O–H groups in total.